The summed E-state index contributed by atoms with van der Waals surface area (Å²) in [6.07, 6.45) is -0.742. The molecule has 0 aliphatic carbocycles. The first-order valence-electron chi connectivity index (χ1n) is 7.47. The number of nitrogens with zero attached hydrogens (tertiary/aromatic N) is 4. The molecule has 1 aliphatic heterocycles. The van der Waals surface area contributed by atoms with Crippen molar-refractivity contribution in [2.45, 2.75) is 26.4 Å². The van der Waals surface area contributed by atoms with E-state index < -0.39 is 16.7 Å². The Kier molecular flexibility index (Phi) is 5.07. The molecule has 0 amide bonds. The van der Waals surface area contributed by atoms with E-state index in [1.165, 1.54) is 11.1 Å². The van der Waals surface area contributed by atoms with Crippen molar-refractivity contribution >= 4 is 23.5 Å². The van der Waals surface area contributed by atoms with Crippen molar-refractivity contribution in [2.75, 3.05) is 36.8 Å². The van der Waals surface area contributed by atoms with E-state index in [1.54, 1.807) is 26.8 Å². The summed E-state index contributed by atoms with van der Waals surface area (Å²) in [5.74, 6) is 0.431. The molecule has 2 heterocycles. The van der Waals surface area contributed by atoms with Crippen LogP contribution >= 0.6 is 0 Å². The zero-order chi connectivity index (χ0) is 17.9. The number of nitrogens with two attached hydrogens (primary N) is 1. The molecular formula is C14H21N5O5. The van der Waals surface area contributed by atoms with Gasteiger partial charge in [0.05, 0.1) is 18.0 Å². The average molecular weight is 339 g/mol. The summed E-state index contributed by atoms with van der Waals surface area (Å²) in [7, 11) is 0. The number of carbonyl (C=O) groups excluding carboxylic acids is 1. The summed E-state index contributed by atoms with van der Waals surface area (Å²) in [5.41, 5.74) is 4.78. The second-order valence-electron chi connectivity index (χ2n) is 6.30. The van der Waals surface area contributed by atoms with Crippen LogP contribution in [-0.4, -0.2) is 52.9 Å². The number of nitro groups is 1. The molecule has 1 fully saturated rings. The number of hydroxylamine groups is 2. The Morgan fingerprint density at radius 1 is 1.29 bits per heavy atom. The van der Waals surface area contributed by atoms with Crippen molar-refractivity contribution in [2.24, 2.45) is 0 Å². The third-order valence-electron chi connectivity index (χ3n) is 3.24. The summed E-state index contributed by atoms with van der Waals surface area (Å²) < 4.78 is 5.09. The minimum atomic E-state index is -0.742. The van der Waals surface area contributed by atoms with Crippen LogP contribution in [0.2, 0.25) is 0 Å². The first-order valence-corrected chi connectivity index (χ1v) is 7.47. The van der Waals surface area contributed by atoms with Crippen LogP contribution in [0.15, 0.2) is 12.1 Å². The SMILES string of the molecule is CC(C)(C)OC(=O)ON1CCN(c2ccc([N+](=O)[O-])c(N)n2)CC1. The molecule has 1 saturated heterocycles. The maximum absolute atomic E-state index is 11.6. The zero-order valence-electron chi connectivity index (χ0n) is 13.9. The first kappa shape index (κ1) is 17.7. The van der Waals surface area contributed by atoms with E-state index in [2.05, 4.69) is 4.98 Å². The van der Waals surface area contributed by atoms with Crippen molar-refractivity contribution < 1.29 is 19.3 Å². The highest BCUT2D eigenvalue weighted by Crippen LogP contribution is 2.23. The molecule has 10 nitrogen and oxygen atoms in total. The van der Waals surface area contributed by atoms with E-state index in [-0.39, 0.29) is 11.5 Å². The molecule has 2 rings (SSSR count). The summed E-state index contributed by atoms with van der Waals surface area (Å²) in [6.45, 7) is 7.26. The minimum Gasteiger partial charge on any atom is -0.427 e. The van der Waals surface area contributed by atoms with Gasteiger partial charge in [-0.1, -0.05) is 0 Å². The average Bonchev–Trinajstić information content (AvgIpc) is 2.45. The molecule has 24 heavy (non-hydrogen) atoms. The van der Waals surface area contributed by atoms with Gasteiger partial charge in [0.2, 0.25) is 5.82 Å². The quantitative estimate of drug-likeness (QED) is 0.496. The Hall–Kier alpha value is -2.62. The minimum absolute atomic E-state index is 0.120. The molecule has 0 aromatic carbocycles. The van der Waals surface area contributed by atoms with Crippen molar-refractivity contribution in [1.82, 2.24) is 10.0 Å². The number of hydrogen-bond acceptors (Lipinski definition) is 9. The molecule has 0 bridgehead atoms. The summed E-state index contributed by atoms with van der Waals surface area (Å²) >= 11 is 0. The molecule has 1 aromatic heterocycles. The van der Waals surface area contributed by atoms with Gasteiger partial charge >= 0.3 is 11.8 Å². The summed E-state index contributed by atoms with van der Waals surface area (Å²) in [4.78, 5) is 32.9. The zero-order valence-corrected chi connectivity index (χ0v) is 13.9. The van der Waals surface area contributed by atoms with E-state index in [9.17, 15) is 14.9 Å². The van der Waals surface area contributed by atoms with E-state index in [4.69, 9.17) is 15.3 Å². The van der Waals surface area contributed by atoms with Gasteiger partial charge in [-0.05, 0) is 26.8 Å². The first-order chi connectivity index (χ1) is 11.2. The fraction of sp³-hybridized carbons (Fsp3) is 0.571. The predicted octanol–water partition coefficient (Wildman–Crippen LogP) is 1.56. The number of aromatic nitrogens is 1. The molecular weight excluding hydrogens is 318 g/mol. The summed E-state index contributed by atoms with van der Waals surface area (Å²) in [5, 5.41) is 12.3. The topological polar surface area (TPSA) is 124 Å². The Bertz CT molecular complexity index is 622. The van der Waals surface area contributed by atoms with Crippen LogP contribution < -0.4 is 10.6 Å². The number of pyridine rings is 1. The maximum atomic E-state index is 11.6. The van der Waals surface area contributed by atoms with Gasteiger partial charge in [-0.2, -0.15) is 0 Å². The third-order valence-corrected chi connectivity index (χ3v) is 3.24. The van der Waals surface area contributed by atoms with Gasteiger partial charge in [-0.15, -0.1) is 5.06 Å². The van der Waals surface area contributed by atoms with Crippen molar-refractivity contribution in [3.05, 3.63) is 22.2 Å². The van der Waals surface area contributed by atoms with Crippen LogP contribution in [0, 0.1) is 10.1 Å². The molecule has 0 atom stereocenters. The van der Waals surface area contributed by atoms with E-state index in [0.717, 1.165) is 0 Å². The molecule has 1 aliphatic rings. The van der Waals surface area contributed by atoms with Gasteiger partial charge in [0.25, 0.3) is 0 Å². The molecule has 132 valence electrons. The largest absolute Gasteiger partial charge is 0.528 e. The number of carbonyl (C=O) groups is 1. The Morgan fingerprint density at radius 2 is 1.92 bits per heavy atom. The van der Waals surface area contributed by atoms with Gasteiger partial charge < -0.3 is 20.2 Å². The van der Waals surface area contributed by atoms with Gasteiger partial charge in [0.15, 0.2) is 0 Å². The van der Waals surface area contributed by atoms with Gasteiger partial charge in [0.1, 0.15) is 11.4 Å². The van der Waals surface area contributed by atoms with Crippen molar-refractivity contribution in [1.29, 1.82) is 0 Å². The van der Waals surface area contributed by atoms with Crippen molar-refractivity contribution in [3.63, 3.8) is 0 Å². The smallest absolute Gasteiger partial charge is 0.427 e. The summed E-state index contributed by atoms with van der Waals surface area (Å²) in [6, 6.07) is 2.89. The number of hydrogen-bond donors (Lipinski definition) is 1. The molecule has 0 spiro atoms. The van der Waals surface area contributed by atoms with Crippen LogP contribution in [0.1, 0.15) is 20.8 Å². The fourth-order valence-electron chi connectivity index (χ4n) is 2.17. The maximum Gasteiger partial charge on any atom is 0.528 e. The Morgan fingerprint density at radius 3 is 2.42 bits per heavy atom. The monoisotopic (exact) mass is 339 g/mol. The number of nitrogen functional groups attached to an aromatic ring is 1. The lowest BCUT2D eigenvalue weighted by atomic mass is 10.2. The Labute approximate surface area is 139 Å². The number of anilines is 2. The van der Waals surface area contributed by atoms with Crippen LogP contribution in [0.3, 0.4) is 0 Å². The molecule has 0 saturated carbocycles. The van der Waals surface area contributed by atoms with E-state index in [1.807, 2.05) is 4.90 Å². The van der Waals surface area contributed by atoms with Crippen LogP contribution in [0.4, 0.5) is 22.1 Å². The van der Waals surface area contributed by atoms with Gasteiger partial charge in [0, 0.05) is 19.2 Å². The highest BCUT2D eigenvalue weighted by molar-refractivity contribution is 5.60. The number of piperazine rings is 1. The van der Waals surface area contributed by atoms with Gasteiger partial charge in [-0.3, -0.25) is 10.1 Å². The van der Waals surface area contributed by atoms with Crippen molar-refractivity contribution in [3.8, 4) is 0 Å². The van der Waals surface area contributed by atoms with Crippen LogP contribution in [0.5, 0.6) is 0 Å². The molecule has 0 unspecified atom stereocenters. The fourth-order valence-corrected chi connectivity index (χ4v) is 2.17. The normalized spacial score (nSPS) is 15.9. The Balaban J connectivity index is 1.90. The molecule has 10 heteroatoms. The molecule has 0 radical (unpaired) electrons. The number of ether oxygens (including phenoxy) is 1. The van der Waals surface area contributed by atoms with Crippen LogP contribution in [-0.2, 0) is 9.57 Å². The second-order valence-corrected chi connectivity index (χ2v) is 6.30. The predicted molar refractivity (Wildman–Crippen MR) is 86.4 cm³/mol. The standard InChI is InChI=1S/C14H21N5O5/c1-14(2,3)23-13(20)24-18-8-6-17(7-9-18)11-5-4-10(19(21)22)12(15)16-11/h4-5H,6-9H2,1-3H3,(H2,15,16). The van der Waals surface area contributed by atoms with E-state index in [0.29, 0.717) is 32.0 Å². The lowest BCUT2D eigenvalue weighted by molar-refractivity contribution is -0.384. The van der Waals surface area contributed by atoms with E-state index >= 15 is 0 Å². The highest BCUT2D eigenvalue weighted by Gasteiger charge is 2.25. The lowest BCUT2D eigenvalue weighted by Gasteiger charge is -2.34. The second kappa shape index (κ2) is 6.87. The third kappa shape index (κ3) is 4.69. The number of rotatable bonds is 3. The van der Waals surface area contributed by atoms with Crippen LogP contribution in [0.25, 0.3) is 0 Å². The molecule has 1 aromatic rings. The molecule has 2 N–H and O–H groups in total. The van der Waals surface area contributed by atoms with Gasteiger partial charge in [-0.25, -0.2) is 9.78 Å². The highest BCUT2D eigenvalue weighted by atomic mass is 16.8. The lowest BCUT2D eigenvalue weighted by Crippen LogP contribution is -2.47.